The van der Waals surface area contributed by atoms with Gasteiger partial charge in [-0.25, -0.2) is 8.42 Å². The molecule has 0 amide bonds. The number of anilines is 1. The highest BCUT2D eigenvalue weighted by Gasteiger charge is 2.30. The second kappa shape index (κ2) is 5.95. The summed E-state index contributed by atoms with van der Waals surface area (Å²) in [4.78, 5) is 1.29. The lowest BCUT2D eigenvalue weighted by Crippen LogP contribution is -2.35. The number of hydrogen-bond donors (Lipinski definition) is 0. The van der Waals surface area contributed by atoms with Crippen LogP contribution in [0.25, 0.3) is 0 Å². The van der Waals surface area contributed by atoms with Gasteiger partial charge in [0.2, 0.25) is 0 Å². The molecule has 0 unspecified atom stereocenters. The molecule has 1 aliphatic rings. The van der Waals surface area contributed by atoms with Crippen LogP contribution >= 0.6 is 43.6 Å². The molecule has 2 aromatic rings. The van der Waals surface area contributed by atoms with Crippen LogP contribution in [-0.2, 0) is 10.0 Å². The first-order chi connectivity index (χ1) is 10.00. The molecule has 0 saturated heterocycles. The van der Waals surface area contributed by atoms with Gasteiger partial charge in [-0.05, 0) is 46.3 Å². The third-order valence-electron chi connectivity index (χ3n) is 3.15. The lowest BCUT2D eigenvalue weighted by Gasteiger charge is -2.30. The van der Waals surface area contributed by atoms with E-state index in [0.717, 1.165) is 20.8 Å². The third kappa shape index (κ3) is 2.88. The van der Waals surface area contributed by atoms with Crippen LogP contribution in [0.1, 0.15) is 0 Å². The number of hydrogen-bond acceptors (Lipinski definition) is 3. The normalized spacial score (nSPS) is 14.9. The van der Waals surface area contributed by atoms with Crippen molar-refractivity contribution in [3.05, 3.63) is 51.4 Å². The number of halogens is 2. The van der Waals surface area contributed by atoms with Gasteiger partial charge in [0.05, 0.1) is 5.69 Å². The van der Waals surface area contributed by atoms with Crippen LogP contribution < -0.4 is 4.31 Å². The largest absolute Gasteiger partial charge is 0.265 e. The van der Waals surface area contributed by atoms with Crippen LogP contribution in [-0.4, -0.2) is 20.7 Å². The fraction of sp³-hybridized carbons (Fsp3) is 0.143. The Balaban J connectivity index is 2.12. The van der Waals surface area contributed by atoms with Crippen molar-refractivity contribution in [1.29, 1.82) is 0 Å². The minimum atomic E-state index is -3.57. The van der Waals surface area contributed by atoms with E-state index in [2.05, 4.69) is 31.9 Å². The molecule has 0 aromatic heterocycles. The maximum Gasteiger partial charge on any atom is 0.265 e. The highest BCUT2D eigenvalue weighted by atomic mass is 79.9. The van der Waals surface area contributed by atoms with Gasteiger partial charge in [0.15, 0.2) is 0 Å². The summed E-state index contributed by atoms with van der Waals surface area (Å²) >= 11 is 8.38. The van der Waals surface area contributed by atoms with E-state index in [9.17, 15) is 8.42 Å². The average Bonchev–Trinajstić information content (AvgIpc) is 2.46. The monoisotopic (exact) mass is 447 g/mol. The fourth-order valence-corrected chi connectivity index (χ4v) is 6.56. The molecule has 21 heavy (non-hydrogen) atoms. The minimum Gasteiger partial charge on any atom is -0.264 e. The lowest BCUT2D eigenvalue weighted by molar-refractivity contribution is 0.591. The van der Waals surface area contributed by atoms with Gasteiger partial charge in [-0.15, -0.1) is 11.8 Å². The molecule has 0 saturated carbocycles. The van der Waals surface area contributed by atoms with Gasteiger partial charge >= 0.3 is 0 Å². The zero-order chi connectivity index (χ0) is 15.0. The molecule has 0 spiro atoms. The smallest absolute Gasteiger partial charge is 0.264 e. The van der Waals surface area contributed by atoms with Crippen molar-refractivity contribution < 1.29 is 8.42 Å². The Morgan fingerprint density at radius 2 is 1.86 bits per heavy atom. The van der Waals surface area contributed by atoms with Crippen molar-refractivity contribution in [2.45, 2.75) is 9.79 Å². The molecule has 1 aliphatic heterocycles. The van der Waals surface area contributed by atoms with Gasteiger partial charge in [-0.2, -0.15) is 0 Å². The van der Waals surface area contributed by atoms with Crippen LogP contribution in [0.4, 0.5) is 5.69 Å². The summed E-state index contributed by atoms with van der Waals surface area (Å²) in [5.74, 6) is 0.754. The van der Waals surface area contributed by atoms with Gasteiger partial charge in [0, 0.05) is 26.1 Å². The molecule has 110 valence electrons. The predicted octanol–water partition coefficient (Wildman–Crippen LogP) is 4.51. The Morgan fingerprint density at radius 1 is 1.10 bits per heavy atom. The van der Waals surface area contributed by atoms with Crippen LogP contribution in [0.3, 0.4) is 0 Å². The second-order valence-corrected chi connectivity index (χ2v) is 9.21. The summed E-state index contributed by atoms with van der Waals surface area (Å²) in [6, 6.07) is 12.7. The molecule has 7 heteroatoms. The molecular formula is C14H11Br2NO2S2. The summed E-state index contributed by atoms with van der Waals surface area (Å²) in [7, 11) is -3.57. The molecular weight excluding hydrogens is 438 g/mol. The van der Waals surface area contributed by atoms with E-state index in [-0.39, 0.29) is 4.90 Å². The Morgan fingerprint density at radius 3 is 2.62 bits per heavy atom. The molecule has 0 bridgehead atoms. The van der Waals surface area contributed by atoms with E-state index in [4.69, 9.17) is 0 Å². The molecule has 3 nitrogen and oxygen atoms in total. The number of fused-ring (bicyclic) bond motifs is 1. The molecule has 0 aliphatic carbocycles. The highest BCUT2D eigenvalue weighted by Crippen LogP contribution is 2.38. The standard InChI is InChI=1S/C14H11Br2NO2S2/c15-10-5-6-14(11(16)9-10)21(18,19)17-7-8-20-13-4-2-1-3-12(13)17/h1-6,9H,7-8H2. The Kier molecular flexibility index (Phi) is 4.36. The van der Waals surface area contributed by atoms with Crippen molar-refractivity contribution in [2.75, 3.05) is 16.6 Å². The zero-order valence-electron chi connectivity index (χ0n) is 10.8. The summed E-state index contributed by atoms with van der Waals surface area (Å²) in [6.45, 7) is 0.479. The van der Waals surface area contributed by atoms with Crippen molar-refractivity contribution in [2.24, 2.45) is 0 Å². The lowest BCUT2D eigenvalue weighted by atomic mass is 10.3. The summed E-state index contributed by atoms with van der Waals surface area (Å²) < 4.78 is 28.8. The maximum absolute atomic E-state index is 13.0. The van der Waals surface area contributed by atoms with E-state index in [1.54, 1.807) is 30.0 Å². The topological polar surface area (TPSA) is 37.4 Å². The Labute approximate surface area is 145 Å². The molecule has 2 aromatic carbocycles. The number of sulfonamides is 1. The molecule has 0 atom stereocenters. The second-order valence-electron chi connectivity index (χ2n) is 4.47. The summed E-state index contributed by atoms with van der Waals surface area (Å²) in [6.07, 6.45) is 0. The number of para-hydroxylation sites is 1. The third-order valence-corrected chi connectivity index (χ3v) is 7.47. The molecule has 0 radical (unpaired) electrons. The quantitative estimate of drug-likeness (QED) is 0.678. The van der Waals surface area contributed by atoms with Crippen LogP contribution in [0.15, 0.2) is 61.2 Å². The van der Waals surface area contributed by atoms with Gasteiger partial charge < -0.3 is 0 Å². The number of thioether (sulfide) groups is 1. The summed E-state index contributed by atoms with van der Waals surface area (Å²) in [5, 5.41) is 0. The Hall–Kier alpha value is -0.500. The minimum absolute atomic E-state index is 0.285. The van der Waals surface area contributed by atoms with Crippen molar-refractivity contribution in [3.63, 3.8) is 0 Å². The van der Waals surface area contributed by atoms with Gasteiger partial charge in [0.25, 0.3) is 10.0 Å². The molecule has 0 N–H and O–H groups in total. The first kappa shape index (κ1) is 15.4. The highest BCUT2D eigenvalue weighted by molar-refractivity contribution is 9.11. The van der Waals surface area contributed by atoms with Crippen molar-refractivity contribution in [3.8, 4) is 0 Å². The van der Waals surface area contributed by atoms with E-state index in [1.807, 2.05) is 24.3 Å². The Bertz CT molecular complexity index is 793. The first-order valence-electron chi connectivity index (χ1n) is 6.20. The molecule has 3 rings (SSSR count). The van der Waals surface area contributed by atoms with Crippen molar-refractivity contribution in [1.82, 2.24) is 0 Å². The molecule has 0 fully saturated rings. The van der Waals surface area contributed by atoms with E-state index >= 15 is 0 Å². The van der Waals surface area contributed by atoms with Crippen molar-refractivity contribution >= 4 is 59.3 Å². The predicted molar refractivity (Wildman–Crippen MR) is 93.5 cm³/mol. The molecule has 1 heterocycles. The van der Waals surface area contributed by atoms with Crippen LogP contribution in [0, 0.1) is 0 Å². The van der Waals surface area contributed by atoms with E-state index in [0.29, 0.717) is 11.0 Å². The number of rotatable bonds is 2. The van der Waals surface area contributed by atoms with Gasteiger partial charge in [-0.1, -0.05) is 28.1 Å². The summed E-state index contributed by atoms with van der Waals surface area (Å²) in [5.41, 5.74) is 0.753. The van der Waals surface area contributed by atoms with Gasteiger partial charge in [-0.3, -0.25) is 4.31 Å². The van der Waals surface area contributed by atoms with Gasteiger partial charge in [0.1, 0.15) is 4.90 Å². The average molecular weight is 449 g/mol. The van der Waals surface area contributed by atoms with E-state index < -0.39 is 10.0 Å². The van der Waals surface area contributed by atoms with Crippen LogP contribution in [0.2, 0.25) is 0 Å². The van der Waals surface area contributed by atoms with Crippen LogP contribution in [0.5, 0.6) is 0 Å². The fourth-order valence-electron chi connectivity index (χ4n) is 2.20. The maximum atomic E-state index is 13.0. The SMILES string of the molecule is O=S(=O)(c1ccc(Br)cc1Br)N1CCSc2ccccc21. The number of benzene rings is 2. The number of nitrogens with zero attached hydrogens (tertiary/aromatic N) is 1. The first-order valence-corrected chi connectivity index (χ1v) is 10.2. The van der Waals surface area contributed by atoms with E-state index in [1.165, 1.54) is 4.31 Å². The zero-order valence-corrected chi connectivity index (χ0v) is 15.6.